The van der Waals surface area contributed by atoms with E-state index in [1.165, 1.54) is 11.8 Å². The second-order valence-corrected chi connectivity index (χ2v) is 8.16. The van der Waals surface area contributed by atoms with Gasteiger partial charge in [-0.05, 0) is 61.4 Å². The Morgan fingerprint density at radius 3 is 2.44 bits per heavy atom. The molecule has 2 rings (SSSR count). The number of hydrogen-bond donors (Lipinski definition) is 0. The lowest BCUT2D eigenvalue weighted by Gasteiger charge is -2.21. The molecular weight excluding hydrogens is 366 g/mol. The summed E-state index contributed by atoms with van der Waals surface area (Å²) in [6.07, 6.45) is 0. The zero-order valence-electron chi connectivity index (χ0n) is 16.9. The highest BCUT2D eigenvalue weighted by molar-refractivity contribution is 7.99. The van der Waals surface area contributed by atoms with E-state index < -0.39 is 0 Å². The zero-order valence-corrected chi connectivity index (χ0v) is 17.8. The molecule has 0 radical (unpaired) electrons. The van der Waals surface area contributed by atoms with Crippen molar-refractivity contribution in [3.05, 3.63) is 23.3 Å². The molecule has 9 heteroatoms. The highest BCUT2D eigenvalue weighted by atomic mass is 32.2. The Morgan fingerprint density at radius 1 is 1.22 bits per heavy atom. The van der Waals surface area contributed by atoms with Gasteiger partial charge in [0, 0.05) is 13.6 Å². The summed E-state index contributed by atoms with van der Waals surface area (Å²) in [5.41, 5.74) is 1.81. The number of ether oxygens (including phenoxy) is 2. The first kappa shape index (κ1) is 21.0. The van der Waals surface area contributed by atoms with Gasteiger partial charge in [-0.3, -0.25) is 4.79 Å². The van der Waals surface area contributed by atoms with Crippen LogP contribution in [0.1, 0.15) is 31.9 Å². The monoisotopic (exact) mass is 393 g/mol. The Balaban J connectivity index is 2.03. The van der Waals surface area contributed by atoms with Crippen LogP contribution in [0.3, 0.4) is 0 Å². The normalized spacial score (nSPS) is 11.4. The summed E-state index contributed by atoms with van der Waals surface area (Å²) in [6.45, 7) is 8.52. The number of thioether (sulfide) groups is 1. The van der Waals surface area contributed by atoms with E-state index in [1.54, 1.807) is 30.8 Å². The highest BCUT2D eigenvalue weighted by Gasteiger charge is 2.21. The summed E-state index contributed by atoms with van der Waals surface area (Å²) in [5.74, 6) is 1.59. The number of benzene rings is 1. The minimum absolute atomic E-state index is 0.00218. The van der Waals surface area contributed by atoms with Crippen LogP contribution >= 0.6 is 11.8 Å². The van der Waals surface area contributed by atoms with Crippen molar-refractivity contribution in [2.45, 2.75) is 44.9 Å². The van der Waals surface area contributed by atoms with Crippen molar-refractivity contribution in [2.24, 2.45) is 0 Å². The first-order valence-electron chi connectivity index (χ1n) is 8.54. The van der Waals surface area contributed by atoms with Gasteiger partial charge in [0.05, 0.1) is 25.5 Å². The smallest absolute Gasteiger partial charge is 0.233 e. The maximum Gasteiger partial charge on any atom is 0.233 e. The third-order valence-corrected chi connectivity index (χ3v) is 4.98. The summed E-state index contributed by atoms with van der Waals surface area (Å²) >= 11 is 1.34. The minimum atomic E-state index is -0.239. The molecule has 0 aliphatic carbocycles. The fourth-order valence-electron chi connectivity index (χ4n) is 2.46. The molecule has 0 aliphatic rings. The van der Waals surface area contributed by atoms with Crippen LogP contribution < -0.4 is 9.47 Å². The number of rotatable bonds is 7. The van der Waals surface area contributed by atoms with E-state index in [-0.39, 0.29) is 17.2 Å². The lowest BCUT2D eigenvalue weighted by atomic mass is 10.1. The first-order valence-corrected chi connectivity index (χ1v) is 9.53. The summed E-state index contributed by atoms with van der Waals surface area (Å²) in [5, 5.41) is 12.4. The second kappa shape index (κ2) is 8.60. The van der Waals surface area contributed by atoms with Gasteiger partial charge in [-0.1, -0.05) is 11.8 Å². The molecule has 1 amide bonds. The molecule has 0 spiro atoms. The number of aryl methyl sites for hydroxylation is 1. The number of carbonyl (C=O) groups excluding carboxylic acids is 1. The largest absolute Gasteiger partial charge is 0.493 e. The lowest BCUT2D eigenvalue weighted by Crippen LogP contribution is -2.29. The minimum Gasteiger partial charge on any atom is -0.493 e. The molecule has 1 aromatic carbocycles. The number of methoxy groups -OCH3 is 2. The van der Waals surface area contributed by atoms with Crippen LogP contribution in [0, 0.1) is 6.92 Å². The molecule has 8 nitrogen and oxygen atoms in total. The average molecular weight is 394 g/mol. The van der Waals surface area contributed by atoms with E-state index in [0.717, 1.165) is 11.1 Å². The van der Waals surface area contributed by atoms with E-state index in [1.807, 2.05) is 39.8 Å². The van der Waals surface area contributed by atoms with Crippen LogP contribution in [0.4, 0.5) is 0 Å². The average Bonchev–Trinajstić information content (AvgIpc) is 3.09. The molecule has 1 heterocycles. The third-order valence-electron chi connectivity index (χ3n) is 4.08. The molecule has 0 saturated carbocycles. The van der Waals surface area contributed by atoms with E-state index in [0.29, 0.717) is 23.2 Å². The summed E-state index contributed by atoms with van der Waals surface area (Å²) in [6, 6.07) is 3.82. The number of amides is 1. The van der Waals surface area contributed by atoms with Crippen LogP contribution in [0.2, 0.25) is 0 Å². The maximum atomic E-state index is 12.6. The molecule has 0 saturated heterocycles. The molecule has 0 unspecified atom stereocenters. The van der Waals surface area contributed by atoms with Gasteiger partial charge in [0.2, 0.25) is 11.1 Å². The van der Waals surface area contributed by atoms with Gasteiger partial charge in [-0.2, -0.15) is 0 Å². The van der Waals surface area contributed by atoms with Gasteiger partial charge < -0.3 is 14.4 Å². The quantitative estimate of drug-likeness (QED) is 0.668. The number of carbonyl (C=O) groups is 1. The number of hydrogen-bond acceptors (Lipinski definition) is 7. The van der Waals surface area contributed by atoms with E-state index in [2.05, 4.69) is 15.5 Å². The van der Waals surface area contributed by atoms with Gasteiger partial charge in [0.15, 0.2) is 11.5 Å². The number of tetrazole rings is 1. The summed E-state index contributed by atoms with van der Waals surface area (Å²) in [7, 11) is 4.99. The molecule has 0 aliphatic heterocycles. The maximum absolute atomic E-state index is 12.6. The Morgan fingerprint density at radius 2 is 1.85 bits per heavy atom. The van der Waals surface area contributed by atoms with Crippen LogP contribution in [0.5, 0.6) is 11.5 Å². The summed E-state index contributed by atoms with van der Waals surface area (Å²) < 4.78 is 12.4. The molecule has 0 N–H and O–H groups in total. The number of nitrogens with zero attached hydrogens (tertiary/aromatic N) is 5. The Labute approximate surface area is 164 Å². The van der Waals surface area contributed by atoms with Gasteiger partial charge >= 0.3 is 0 Å². The van der Waals surface area contributed by atoms with Crippen molar-refractivity contribution in [1.82, 2.24) is 25.1 Å². The molecule has 2 aromatic rings. The van der Waals surface area contributed by atoms with Crippen molar-refractivity contribution >= 4 is 17.7 Å². The SMILES string of the molecule is COc1cc(C)c(CN(C)C(=O)CSc2nnnn2C(C)(C)C)cc1OC. The molecule has 148 valence electrons. The molecule has 1 aromatic heterocycles. The predicted molar refractivity (Wildman–Crippen MR) is 104 cm³/mol. The second-order valence-electron chi connectivity index (χ2n) is 7.22. The van der Waals surface area contributed by atoms with Crippen LogP contribution in [0.15, 0.2) is 17.3 Å². The van der Waals surface area contributed by atoms with Crippen molar-refractivity contribution in [3.63, 3.8) is 0 Å². The fourth-order valence-corrected chi connectivity index (χ4v) is 3.46. The van der Waals surface area contributed by atoms with E-state index in [4.69, 9.17) is 9.47 Å². The Kier molecular flexibility index (Phi) is 6.69. The molecule has 0 bridgehead atoms. The summed E-state index contributed by atoms with van der Waals surface area (Å²) in [4.78, 5) is 14.3. The van der Waals surface area contributed by atoms with Crippen molar-refractivity contribution in [2.75, 3.05) is 27.0 Å². The van der Waals surface area contributed by atoms with Gasteiger partial charge in [-0.25, -0.2) is 4.68 Å². The standard InChI is InChI=1S/C18H27N5O3S/c1-12-8-14(25-6)15(26-7)9-13(12)10-22(5)16(24)11-27-17-19-20-21-23(17)18(2,3)4/h8-9H,10-11H2,1-7H3. The first-order chi connectivity index (χ1) is 12.7. The van der Waals surface area contributed by atoms with Crippen LogP contribution in [-0.2, 0) is 16.9 Å². The van der Waals surface area contributed by atoms with Gasteiger partial charge in [-0.15, -0.1) is 5.10 Å². The zero-order chi connectivity index (χ0) is 20.2. The van der Waals surface area contributed by atoms with Gasteiger partial charge in [0.25, 0.3) is 0 Å². The highest BCUT2D eigenvalue weighted by Crippen LogP contribution is 2.31. The van der Waals surface area contributed by atoms with Gasteiger partial charge in [0.1, 0.15) is 0 Å². The van der Waals surface area contributed by atoms with Crippen LogP contribution in [0.25, 0.3) is 0 Å². The van der Waals surface area contributed by atoms with Crippen LogP contribution in [-0.4, -0.2) is 58.0 Å². The lowest BCUT2D eigenvalue weighted by molar-refractivity contribution is -0.127. The molecule has 27 heavy (non-hydrogen) atoms. The van der Waals surface area contributed by atoms with Crippen molar-refractivity contribution in [1.29, 1.82) is 0 Å². The molecule has 0 fully saturated rings. The molecular formula is C18H27N5O3S. The molecule has 0 atom stereocenters. The Hall–Kier alpha value is -2.29. The van der Waals surface area contributed by atoms with Crippen molar-refractivity contribution in [3.8, 4) is 11.5 Å². The Bertz CT molecular complexity index is 801. The van der Waals surface area contributed by atoms with E-state index in [9.17, 15) is 4.79 Å². The van der Waals surface area contributed by atoms with Crippen molar-refractivity contribution < 1.29 is 14.3 Å². The topological polar surface area (TPSA) is 82.4 Å². The predicted octanol–water partition coefficient (Wildman–Crippen LogP) is 2.50. The fraction of sp³-hybridized carbons (Fsp3) is 0.556. The van der Waals surface area contributed by atoms with E-state index >= 15 is 0 Å². The number of aromatic nitrogens is 4. The third kappa shape index (κ3) is 5.12.